The molecule has 0 spiro atoms. The maximum absolute atomic E-state index is 14.3. The first-order valence-corrected chi connectivity index (χ1v) is 14.3. The molecule has 5 rings (SSSR count). The lowest BCUT2D eigenvalue weighted by Gasteiger charge is -2.70. The van der Waals surface area contributed by atoms with Crippen molar-refractivity contribution >= 4 is 17.7 Å². The molecule has 5 aliphatic rings. The van der Waals surface area contributed by atoms with Crippen LogP contribution in [0.5, 0.6) is 0 Å². The van der Waals surface area contributed by atoms with E-state index in [2.05, 4.69) is 40.7 Å². The van der Waals surface area contributed by atoms with Crippen LogP contribution in [0.2, 0.25) is 0 Å². The summed E-state index contributed by atoms with van der Waals surface area (Å²) in [5.74, 6) is -0.509. The second-order valence-corrected chi connectivity index (χ2v) is 14.5. The molecular weight excluding hydrogens is 452 g/mol. The van der Waals surface area contributed by atoms with Crippen molar-refractivity contribution in [1.82, 2.24) is 0 Å². The molecule has 4 saturated carbocycles. The van der Waals surface area contributed by atoms with Crippen LogP contribution in [0.3, 0.4) is 0 Å². The molecule has 0 heterocycles. The third-order valence-corrected chi connectivity index (χ3v) is 12.9. The first kappa shape index (κ1) is 26.0. The number of carbonyl (C=O) groups excluding carboxylic acids is 2. The number of esters is 1. The Labute approximate surface area is 216 Å². The average Bonchev–Trinajstić information content (AvgIpc) is 2.77. The monoisotopic (exact) mass is 498 g/mol. The lowest BCUT2D eigenvalue weighted by Crippen LogP contribution is -2.68. The molecule has 0 bridgehead atoms. The van der Waals surface area contributed by atoms with E-state index in [0.29, 0.717) is 24.7 Å². The number of allylic oxidation sites excluding steroid dienone is 2. The fourth-order valence-corrected chi connectivity index (χ4v) is 10.9. The van der Waals surface area contributed by atoms with Crippen LogP contribution in [0.25, 0.3) is 0 Å². The van der Waals surface area contributed by atoms with Gasteiger partial charge in [-0.15, -0.1) is 0 Å². The summed E-state index contributed by atoms with van der Waals surface area (Å²) in [5, 5.41) is 10.5. The van der Waals surface area contributed by atoms with Gasteiger partial charge >= 0.3 is 11.9 Å². The largest absolute Gasteiger partial charge is 0.481 e. The lowest BCUT2D eigenvalue weighted by atomic mass is 9.33. The van der Waals surface area contributed by atoms with Crippen LogP contribution in [-0.2, 0) is 19.1 Å². The zero-order valence-electron chi connectivity index (χ0n) is 23.4. The Kier molecular flexibility index (Phi) is 5.72. The smallest absolute Gasteiger partial charge is 0.313 e. The minimum Gasteiger partial charge on any atom is -0.481 e. The minimum atomic E-state index is -1.20. The summed E-state index contributed by atoms with van der Waals surface area (Å²) in [4.78, 5) is 39.0. The standard InChI is InChI=1S/C31H46O5/c1-18-9-8-12-27(3)15-16-29(5)20(24(18)27)17-21(33)25-28(4)13-11-23(36-19(2)32)31(7,26(34)35)22(28)10-14-30(25,29)6/h17-18,22-25H,8-16H2,1-7H3,(H,34,35)/t18-,22?,23+,24?,25?,27+,28-,29+,30+,31+/m0/s1. The second kappa shape index (κ2) is 7.93. The molecule has 0 amide bonds. The molecule has 0 aromatic carbocycles. The maximum Gasteiger partial charge on any atom is 0.313 e. The SMILES string of the molecule is CC(=O)O[C@@H]1CC[C@@]2(C)C(CC[C@]3(C)C2C(=O)C=C2C4[C@@H](C)CCC[C@]4(C)CC[C@]23C)[C@@]1(C)C(=O)O. The molecular formula is C31H46O5. The Morgan fingerprint density at radius 2 is 1.67 bits per heavy atom. The number of ketones is 1. The number of aliphatic carboxylic acids is 1. The van der Waals surface area contributed by atoms with Crippen LogP contribution in [0.15, 0.2) is 11.6 Å². The van der Waals surface area contributed by atoms with E-state index < -0.39 is 28.9 Å². The highest BCUT2D eigenvalue weighted by Crippen LogP contribution is 2.75. The van der Waals surface area contributed by atoms with Crippen molar-refractivity contribution < 1.29 is 24.2 Å². The average molecular weight is 499 g/mol. The molecule has 5 heteroatoms. The van der Waals surface area contributed by atoms with Crippen LogP contribution in [0, 0.1) is 50.7 Å². The number of hydrogen-bond donors (Lipinski definition) is 1. The minimum absolute atomic E-state index is 0.0539. The van der Waals surface area contributed by atoms with E-state index in [1.54, 1.807) is 6.92 Å². The van der Waals surface area contributed by atoms with Crippen LogP contribution in [-0.4, -0.2) is 28.9 Å². The van der Waals surface area contributed by atoms with E-state index in [1.165, 1.54) is 38.2 Å². The number of ether oxygens (including phenoxy) is 1. The van der Waals surface area contributed by atoms with E-state index in [4.69, 9.17) is 4.74 Å². The highest BCUT2D eigenvalue weighted by molar-refractivity contribution is 5.96. The molecule has 36 heavy (non-hydrogen) atoms. The summed E-state index contributed by atoms with van der Waals surface area (Å²) in [6.07, 6.45) is 10.2. The number of hydrogen-bond acceptors (Lipinski definition) is 4. The third kappa shape index (κ3) is 3.10. The van der Waals surface area contributed by atoms with Gasteiger partial charge in [0.1, 0.15) is 11.5 Å². The zero-order valence-corrected chi connectivity index (χ0v) is 23.4. The van der Waals surface area contributed by atoms with Crippen molar-refractivity contribution in [2.45, 2.75) is 112 Å². The summed E-state index contributed by atoms with van der Waals surface area (Å²) in [6.45, 7) is 14.9. The fourth-order valence-electron chi connectivity index (χ4n) is 10.9. The lowest BCUT2D eigenvalue weighted by molar-refractivity contribution is -0.220. The van der Waals surface area contributed by atoms with E-state index >= 15 is 0 Å². The Morgan fingerprint density at radius 3 is 2.31 bits per heavy atom. The summed E-state index contributed by atoms with van der Waals surface area (Å²) < 4.78 is 5.62. The Balaban J connectivity index is 1.62. The Hall–Kier alpha value is -1.65. The molecule has 3 unspecified atom stereocenters. The van der Waals surface area contributed by atoms with Gasteiger partial charge in [0.25, 0.3) is 0 Å². The number of fused-ring (bicyclic) bond motifs is 7. The summed E-state index contributed by atoms with van der Waals surface area (Å²) in [5.41, 5.74) is -0.222. The van der Waals surface area contributed by atoms with Gasteiger partial charge in [-0.25, -0.2) is 0 Å². The van der Waals surface area contributed by atoms with Crippen molar-refractivity contribution in [3.63, 3.8) is 0 Å². The molecule has 0 aliphatic heterocycles. The fraction of sp³-hybridized carbons (Fsp3) is 0.839. The molecule has 200 valence electrons. The molecule has 0 radical (unpaired) electrons. The van der Waals surface area contributed by atoms with Crippen LogP contribution >= 0.6 is 0 Å². The van der Waals surface area contributed by atoms with E-state index in [1.807, 2.05) is 0 Å². The van der Waals surface area contributed by atoms with E-state index in [0.717, 1.165) is 19.3 Å². The van der Waals surface area contributed by atoms with Gasteiger partial charge < -0.3 is 9.84 Å². The van der Waals surface area contributed by atoms with Crippen molar-refractivity contribution in [2.75, 3.05) is 0 Å². The van der Waals surface area contributed by atoms with E-state index in [-0.39, 0.29) is 33.9 Å². The normalized spacial score (nSPS) is 52.1. The van der Waals surface area contributed by atoms with Gasteiger partial charge in [-0.2, -0.15) is 0 Å². The summed E-state index contributed by atoms with van der Waals surface area (Å²) in [7, 11) is 0. The molecule has 0 aromatic heterocycles. The third-order valence-electron chi connectivity index (χ3n) is 12.9. The predicted molar refractivity (Wildman–Crippen MR) is 138 cm³/mol. The predicted octanol–water partition coefficient (Wildman–Crippen LogP) is 6.59. The zero-order chi connectivity index (χ0) is 26.5. The first-order valence-electron chi connectivity index (χ1n) is 14.3. The molecule has 0 saturated heterocycles. The van der Waals surface area contributed by atoms with Gasteiger partial charge in [-0.3, -0.25) is 14.4 Å². The number of carboxylic acids is 1. The quantitative estimate of drug-likeness (QED) is 0.434. The Bertz CT molecular complexity index is 1030. The van der Waals surface area contributed by atoms with E-state index in [9.17, 15) is 19.5 Å². The van der Waals surface area contributed by atoms with Gasteiger partial charge in [0.2, 0.25) is 0 Å². The molecule has 5 nitrogen and oxygen atoms in total. The summed E-state index contributed by atoms with van der Waals surface area (Å²) >= 11 is 0. The highest BCUT2D eigenvalue weighted by atomic mass is 16.5. The second-order valence-electron chi connectivity index (χ2n) is 14.5. The number of rotatable bonds is 2. The molecule has 4 fully saturated rings. The molecule has 5 aliphatic carbocycles. The van der Waals surface area contributed by atoms with Crippen molar-refractivity contribution in [3.05, 3.63) is 11.6 Å². The Morgan fingerprint density at radius 1 is 0.972 bits per heavy atom. The molecule has 0 aromatic rings. The molecule has 10 atom stereocenters. The van der Waals surface area contributed by atoms with Gasteiger partial charge in [0.15, 0.2) is 5.78 Å². The first-order chi connectivity index (χ1) is 16.6. The number of carboxylic acid groups (broad SMARTS) is 1. The van der Waals surface area contributed by atoms with Gasteiger partial charge in [0, 0.05) is 12.8 Å². The maximum atomic E-state index is 14.3. The topological polar surface area (TPSA) is 80.7 Å². The summed E-state index contributed by atoms with van der Waals surface area (Å²) in [6, 6.07) is 0. The van der Waals surface area contributed by atoms with Crippen molar-refractivity contribution in [3.8, 4) is 0 Å². The molecule has 1 N–H and O–H groups in total. The van der Waals surface area contributed by atoms with Crippen molar-refractivity contribution in [1.29, 1.82) is 0 Å². The van der Waals surface area contributed by atoms with Crippen LogP contribution in [0.4, 0.5) is 0 Å². The van der Waals surface area contributed by atoms with Crippen molar-refractivity contribution in [2.24, 2.45) is 50.7 Å². The van der Waals surface area contributed by atoms with Crippen LogP contribution < -0.4 is 0 Å². The highest BCUT2D eigenvalue weighted by Gasteiger charge is 2.72. The van der Waals surface area contributed by atoms with Gasteiger partial charge in [-0.1, -0.05) is 53.0 Å². The number of carbonyl (C=O) groups is 3. The van der Waals surface area contributed by atoms with Gasteiger partial charge in [-0.05, 0) is 97.4 Å². The van der Waals surface area contributed by atoms with Crippen LogP contribution in [0.1, 0.15) is 106 Å². The van der Waals surface area contributed by atoms with Gasteiger partial charge in [0.05, 0.1) is 0 Å².